The lowest BCUT2D eigenvalue weighted by molar-refractivity contribution is -0.153. The van der Waals surface area contributed by atoms with Crippen LogP contribution in [0.2, 0.25) is 0 Å². The maximum atomic E-state index is 11.7. The van der Waals surface area contributed by atoms with Crippen molar-refractivity contribution >= 4 is 17.1 Å². The summed E-state index contributed by atoms with van der Waals surface area (Å²) < 4.78 is 5.94. The topological polar surface area (TPSA) is 63.3 Å². The van der Waals surface area contributed by atoms with Gasteiger partial charge in [0.15, 0.2) is 11.5 Å². The molecule has 1 saturated carbocycles. The predicted octanol–water partition coefficient (Wildman–Crippen LogP) is 4.13. The summed E-state index contributed by atoms with van der Waals surface area (Å²) in [6.07, 6.45) is 1.44. The van der Waals surface area contributed by atoms with Crippen LogP contribution in [0.25, 0.3) is 11.1 Å². The number of hydrogen-bond donors (Lipinski definition) is 1. The van der Waals surface area contributed by atoms with E-state index in [1.165, 1.54) is 0 Å². The summed E-state index contributed by atoms with van der Waals surface area (Å²) in [5.74, 6) is -0.0289. The summed E-state index contributed by atoms with van der Waals surface area (Å²) in [6, 6.07) is 5.94. The first-order valence-electron chi connectivity index (χ1n) is 7.36. The summed E-state index contributed by atoms with van der Waals surface area (Å²) >= 11 is 0. The van der Waals surface area contributed by atoms with E-state index in [4.69, 9.17) is 4.42 Å². The first kappa shape index (κ1) is 14.1. The third-order valence-corrected chi connectivity index (χ3v) is 5.56. The van der Waals surface area contributed by atoms with Crippen molar-refractivity contribution in [2.45, 2.75) is 46.5 Å². The second kappa shape index (κ2) is 4.33. The summed E-state index contributed by atoms with van der Waals surface area (Å²) in [6.45, 7) is 7.88. The van der Waals surface area contributed by atoms with Gasteiger partial charge < -0.3 is 9.52 Å². The summed E-state index contributed by atoms with van der Waals surface area (Å²) in [4.78, 5) is 16.3. The van der Waals surface area contributed by atoms with Crippen LogP contribution in [0.4, 0.5) is 0 Å². The number of carbonyl (C=O) groups is 1. The number of aryl methyl sites for hydroxylation is 1. The lowest BCUT2D eigenvalue weighted by Crippen LogP contribution is -2.40. The molecule has 112 valence electrons. The third kappa shape index (κ3) is 1.88. The van der Waals surface area contributed by atoms with E-state index < -0.39 is 16.8 Å². The van der Waals surface area contributed by atoms with Crippen LogP contribution in [-0.4, -0.2) is 16.1 Å². The van der Waals surface area contributed by atoms with E-state index in [1.54, 1.807) is 0 Å². The number of nitrogens with zero attached hydrogens (tertiary/aromatic N) is 1. The molecule has 1 N–H and O–H groups in total. The molecule has 0 saturated heterocycles. The van der Waals surface area contributed by atoms with Gasteiger partial charge in [-0.25, -0.2) is 4.98 Å². The smallest absolute Gasteiger partial charge is 0.309 e. The van der Waals surface area contributed by atoms with E-state index in [9.17, 15) is 9.90 Å². The summed E-state index contributed by atoms with van der Waals surface area (Å²) in [7, 11) is 0. The molecule has 1 fully saturated rings. The fourth-order valence-corrected chi connectivity index (χ4v) is 3.51. The van der Waals surface area contributed by atoms with Crippen LogP contribution in [0.3, 0.4) is 0 Å². The Morgan fingerprint density at radius 3 is 2.71 bits per heavy atom. The minimum absolute atomic E-state index is 0.0336. The van der Waals surface area contributed by atoms with Crippen molar-refractivity contribution in [1.82, 2.24) is 4.98 Å². The summed E-state index contributed by atoms with van der Waals surface area (Å²) in [5.41, 5.74) is 1.62. The number of benzene rings is 1. The minimum Gasteiger partial charge on any atom is -0.481 e. The molecule has 4 heteroatoms. The van der Waals surface area contributed by atoms with Crippen LogP contribution in [-0.2, 0) is 4.79 Å². The van der Waals surface area contributed by atoms with Crippen molar-refractivity contribution in [2.24, 2.45) is 10.8 Å². The van der Waals surface area contributed by atoms with E-state index in [0.717, 1.165) is 23.1 Å². The van der Waals surface area contributed by atoms with Gasteiger partial charge >= 0.3 is 5.97 Å². The van der Waals surface area contributed by atoms with Gasteiger partial charge in [0.05, 0.1) is 5.41 Å². The van der Waals surface area contributed by atoms with Crippen LogP contribution >= 0.6 is 0 Å². The monoisotopic (exact) mass is 287 g/mol. The van der Waals surface area contributed by atoms with Crippen LogP contribution in [0.1, 0.15) is 51.0 Å². The second-order valence-electron chi connectivity index (χ2n) is 6.97. The van der Waals surface area contributed by atoms with Crippen LogP contribution in [0.15, 0.2) is 22.6 Å². The van der Waals surface area contributed by atoms with E-state index in [2.05, 4.69) is 4.98 Å². The molecule has 0 bridgehead atoms. The standard InChI is InChI=1S/C17H21NO3/c1-10-5-6-12-13(9-10)21-14(18-12)11-7-8-17(4,15(19)20)16(11,2)3/h5-6,9,11H,7-8H2,1-4H3,(H,19,20)/t11-,17+/m1/s1. The zero-order chi connectivity index (χ0) is 15.4. The molecule has 21 heavy (non-hydrogen) atoms. The fraction of sp³-hybridized carbons (Fsp3) is 0.529. The highest BCUT2D eigenvalue weighted by atomic mass is 16.4. The van der Waals surface area contributed by atoms with Crippen molar-refractivity contribution in [3.63, 3.8) is 0 Å². The molecule has 4 nitrogen and oxygen atoms in total. The Morgan fingerprint density at radius 2 is 2.10 bits per heavy atom. The second-order valence-corrected chi connectivity index (χ2v) is 6.97. The number of oxazole rings is 1. The Labute approximate surface area is 124 Å². The van der Waals surface area contributed by atoms with Gasteiger partial charge in [-0.2, -0.15) is 0 Å². The van der Waals surface area contributed by atoms with Crippen molar-refractivity contribution < 1.29 is 14.3 Å². The SMILES string of the molecule is Cc1ccc2nc([C@H]3CC[C@@](C)(C(=O)O)C3(C)C)oc2c1. The molecular formula is C17H21NO3. The molecule has 1 aromatic carbocycles. The minimum atomic E-state index is -0.742. The molecule has 1 aliphatic rings. The highest BCUT2D eigenvalue weighted by molar-refractivity contribution is 5.76. The zero-order valence-corrected chi connectivity index (χ0v) is 12.9. The van der Waals surface area contributed by atoms with Crippen molar-refractivity contribution in [1.29, 1.82) is 0 Å². The number of hydrogen-bond acceptors (Lipinski definition) is 3. The average molecular weight is 287 g/mol. The highest BCUT2D eigenvalue weighted by Gasteiger charge is 2.57. The lowest BCUT2D eigenvalue weighted by atomic mass is 9.66. The van der Waals surface area contributed by atoms with Gasteiger partial charge in [0.1, 0.15) is 5.52 Å². The number of carboxylic acid groups (broad SMARTS) is 1. The average Bonchev–Trinajstić information content (AvgIpc) is 2.89. The van der Waals surface area contributed by atoms with Gasteiger partial charge in [-0.1, -0.05) is 19.9 Å². The van der Waals surface area contributed by atoms with Crippen molar-refractivity contribution in [3.05, 3.63) is 29.7 Å². The van der Waals surface area contributed by atoms with Gasteiger partial charge in [0.2, 0.25) is 0 Å². The zero-order valence-electron chi connectivity index (χ0n) is 12.9. The predicted molar refractivity (Wildman–Crippen MR) is 80.2 cm³/mol. The molecule has 0 amide bonds. The van der Waals surface area contributed by atoms with Gasteiger partial charge in [0, 0.05) is 5.92 Å². The van der Waals surface area contributed by atoms with E-state index in [0.29, 0.717) is 12.3 Å². The first-order valence-corrected chi connectivity index (χ1v) is 7.36. The molecule has 1 aliphatic carbocycles. The highest BCUT2D eigenvalue weighted by Crippen LogP contribution is 2.59. The Morgan fingerprint density at radius 1 is 1.38 bits per heavy atom. The largest absolute Gasteiger partial charge is 0.481 e. The first-order chi connectivity index (χ1) is 9.75. The molecule has 1 heterocycles. The number of aromatic nitrogens is 1. The molecule has 3 rings (SSSR count). The maximum Gasteiger partial charge on any atom is 0.309 e. The number of carboxylic acids is 1. The van der Waals surface area contributed by atoms with Crippen LogP contribution in [0, 0.1) is 17.8 Å². The van der Waals surface area contributed by atoms with Crippen LogP contribution < -0.4 is 0 Å². The molecule has 0 radical (unpaired) electrons. The number of fused-ring (bicyclic) bond motifs is 1. The molecule has 1 aromatic heterocycles. The van der Waals surface area contributed by atoms with Crippen molar-refractivity contribution in [2.75, 3.05) is 0 Å². The Hall–Kier alpha value is -1.84. The third-order valence-electron chi connectivity index (χ3n) is 5.56. The van der Waals surface area contributed by atoms with E-state index in [1.807, 2.05) is 45.9 Å². The number of aliphatic carboxylic acids is 1. The van der Waals surface area contributed by atoms with Gasteiger partial charge in [-0.3, -0.25) is 4.79 Å². The molecule has 0 aliphatic heterocycles. The Balaban J connectivity index is 2.05. The maximum absolute atomic E-state index is 11.7. The van der Waals surface area contributed by atoms with Gasteiger partial charge in [-0.05, 0) is 49.8 Å². The normalized spacial score (nSPS) is 28.1. The van der Waals surface area contributed by atoms with E-state index in [-0.39, 0.29) is 5.92 Å². The molecule has 2 aromatic rings. The van der Waals surface area contributed by atoms with Crippen molar-refractivity contribution in [3.8, 4) is 0 Å². The summed E-state index contributed by atoms with van der Waals surface area (Å²) in [5, 5.41) is 9.60. The molecule has 2 atom stereocenters. The number of rotatable bonds is 2. The van der Waals surface area contributed by atoms with Crippen LogP contribution in [0.5, 0.6) is 0 Å². The molecular weight excluding hydrogens is 266 g/mol. The van der Waals surface area contributed by atoms with E-state index >= 15 is 0 Å². The Bertz CT molecular complexity index is 716. The lowest BCUT2D eigenvalue weighted by Gasteiger charge is -2.37. The Kier molecular flexibility index (Phi) is 2.91. The fourth-order valence-electron chi connectivity index (χ4n) is 3.51. The van der Waals surface area contributed by atoms with Gasteiger partial charge in [-0.15, -0.1) is 0 Å². The van der Waals surface area contributed by atoms with Gasteiger partial charge in [0.25, 0.3) is 0 Å². The molecule has 0 unspecified atom stereocenters. The molecule has 0 spiro atoms. The quantitative estimate of drug-likeness (QED) is 0.902.